The van der Waals surface area contributed by atoms with E-state index in [0.717, 1.165) is 17.8 Å². The maximum absolute atomic E-state index is 13.6. The Morgan fingerprint density at radius 1 is 1.27 bits per heavy atom. The minimum Gasteiger partial charge on any atom is -0.338 e. The molecule has 0 spiro atoms. The minimum atomic E-state index is -0.747. The van der Waals surface area contributed by atoms with E-state index in [4.69, 9.17) is 11.6 Å². The summed E-state index contributed by atoms with van der Waals surface area (Å²) in [5.41, 5.74) is 0.372. The number of aromatic nitrogens is 2. The first-order chi connectivity index (χ1) is 14.3. The van der Waals surface area contributed by atoms with E-state index in [2.05, 4.69) is 15.6 Å². The molecule has 0 saturated carbocycles. The highest BCUT2D eigenvalue weighted by Crippen LogP contribution is 2.27. The SMILES string of the molecule is CCNC(=O)NC(=O)C(C)Sc1nc2ccccc2c(=O)n1-c1ccc(F)c(Cl)c1. The number of rotatable bonds is 5. The van der Waals surface area contributed by atoms with E-state index in [1.165, 1.54) is 16.7 Å². The molecule has 156 valence electrons. The summed E-state index contributed by atoms with van der Waals surface area (Å²) in [5, 5.41) is 4.38. The Kier molecular flexibility index (Phi) is 6.73. The average molecular weight is 449 g/mol. The normalized spacial score (nSPS) is 11.9. The number of imide groups is 1. The van der Waals surface area contributed by atoms with Crippen LogP contribution in [-0.2, 0) is 4.79 Å². The molecule has 7 nitrogen and oxygen atoms in total. The van der Waals surface area contributed by atoms with Gasteiger partial charge >= 0.3 is 6.03 Å². The van der Waals surface area contributed by atoms with Crippen molar-refractivity contribution in [3.8, 4) is 5.69 Å². The van der Waals surface area contributed by atoms with Gasteiger partial charge in [0.2, 0.25) is 5.91 Å². The molecule has 1 unspecified atom stereocenters. The van der Waals surface area contributed by atoms with Crippen molar-refractivity contribution in [2.24, 2.45) is 0 Å². The molecule has 1 heterocycles. The van der Waals surface area contributed by atoms with E-state index in [-0.39, 0.29) is 15.7 Å². The lowest BCUT2D eigenvalue weighted by molar-refractivity contribution is -0.119. The number of carbonyl (C=O) groups excluding carboxylic acids is 2. The number of benzene rings is 2. The van der Waals surface area contributed by atoms with E-state index >= 15 is 0 Å². The van der Waals surface area contributed by atoms with Gasteiger partial charge in [0.05, 0.1) is 26.9 Å². The highest BCUT2D eigenvalue weighted by molar-refractivity contribution is 8.00. The lowest BCUT2D eigenvalue weighted by Gasteiger charge is -2.16. The van der Waals surface area contributed by atoms with Gasteiger partial charge in [0.15, 0.2) is 5.16 Å². The van der Waals surface area contributed by atoms with E-state index in [0.29, 0.717) is 23.1 Å². The highest BCUT2D eigenvalue weighted by Gasteiger charge is 2.22. The van der Waals surface area contributed by atoms with Gasteiger partial charge in [-0.3, -0.25) is 19.5 Å². The predicted molar refractivity (Wildman–Crippen MR) is 115 cm³/mol. The molecule has 2 aromatic carbocycles. The summed E-state index contributed by atoms with van der Waals surface area (Å²) < 4.78 is 14.9. The van der Waals surface area contributed by atoms with Crippen molar-refractivity contribution in [3.05, 3.63) is 63.7 Å². The maximum Gasteiger partial charge on any atom is 0.321 e. The van der Waals surface area contributed by atoms with Gasteiger partial charge in [0.25, 0.3) is 5.56 Å². The van der Waals surface area contributed by atoms with Gasteiger partial charge < -0.3 is 5.32 Å². The summed E-state index contributed by atoms with van der Waals surface area (Å²) in [5.74, 6) is -1.16. The number of fused-ring (bicyclic) bond motifs is 1. The van der Waals surface area contributed by atoms with E-state index in [1.807, 2.05) is 0 Å². The van der Waals surface area contributed by atoms with E-state index in [1.54, 1.807) is 38.1 Å². The van der Waals surface area contributed by atoms with E-state index in [9.17, 15) is 18.8 Å². The van der Waals surface area contributed by atoms with Crippen LogP contribution in [0.1, 0.15) is 13.8 Å². The highest BCUT2D eigenvalue weighted by atomic mass is 35.5. The van der Waals surface area contributed by atoms with Crippen LogP contribution in [0.15, 0.2) is 52.4 Å². The number of nitrogens with zero attached hydrogens (tertiary/aromatic N) is 2. The average Bonchev–Trinajstić information content (AvgIpc) is 2.70. The van der Waals surface area contributed by atoms with Crippen LogP contribution in [0.25, 0.3) is 16.6 Å². The van der Waals surface area contributed by atoms with Crippen molar-refractivity contribution in [2.45, 2.75) is 24.3 Å². The Hall–Kier alpha value is -2.91. The van der Waals surface area contributed by atoms with Gasteiger partial charge in [-0.25, -0.2) is 14.2 Å². The Morgan fingerprint density at radius 2 is 2.00 bits per heavy atom. The van der Waals surface area contributed by atoms with Gasteiger partial charge in [-0.15, -0.1) is 0 Å². The molecule has 0 aliphatic rings. The molecule has 2 N–H and O–H groups in total. The molecule has 30 heavy (non-hydrogen) atoms. The van der Waals surface area contributed by atoms with Gasteiger partial charge in [-0.2, -0.15) is 0 Å². The van der Waals surface area contributed by atoms with Crippen molar-refractivity contribution in [1.29, 1.82) is 0 Å². The van der Waals surface area contributed by atoms with Crippen LogP contribution in [0.4, 0.5) is 9.18 Å². The molecule has 3 amide bonds. The molecule has 3 rings (SSSR count). The molecule has 0 fully saturated rings. The number of hydrogen-bond acceptors (Lipinski definition) is 5. The fourth-order valence-electron chi connectivity index (χ4n) is 2.67. The Labute approximate surface area is 180 Å². The number of hydrogen-bond donors (Lipinski definition) is 2. The van der Waals surface area contributed by atoms with Gasteiger partial charge in [0.1, 0.15) is 5.82 Å². The van der Waals surface area contributed by atoms with Crippen LogP contribution >= 0.6 is 23.4 Å². The number of nitrogens with one attached hydrogen (secondary N) is 2. The van der Waals surface area contributed by atoms with Crippen LogP contribution in [0.5, 0.6) is 0 Å². The zero-order valence-electron chi connectivity index (χ0n) is 16.1. The lowest BCUT2D eigenvalue weighted by atomic mass is 10.2. The molecular formula is C20H18ClFN4O3S. The molecule has 10 heteroatoms. The van der Waals surface area contributed by atoms with Crippen LogP contribution in [0, 0.1) is 5.82 Å². The molecule has 0 saturated heterocycles. The van der Waals surface area contributed by atoms with Crippen LogP contribution in [0.3, 0.4) is 0 Å². The quantitative estimate of drug-likeness (QED) is 0.460. The summed E-state index contributed by atoms with van der Waals surface area (Å²) >= 11 is 6.90. The summed E-state index contributed by atoms with van der Waals surface area (Å²) in [6.07, 6.45) is 0. The summed E-state index contributed by atoms with van der Waals surface area (Å²) in [4.78, 5) is 41.7. The first-order valence-electron chi connectivity index (χ1n) is 9.04. The molecule has 0 bridgehead atoms. The topological polar surface area (TPSA) is 93.1 Å². The minimum absolute atomic E-state index is 0.148. The first kappa shape index (κ1) is 21.8. The zero-order chi connectivity index (χ0) is 21.8. The van der Waals surface area contributed by atoms with E-state index < -0.39 is 23.0 Å². The predicted octanol–water partition coefficient (Wildman–Crippen LogP) is 3.50. The molecule has 0 radical (unpaired) electrons. The second-order valence-corrected chi connectivity index (χ2v) is 7.97. The third kappa shape index (κ3) is 4.63. The summed E-state index contributed by atoms with van der Waals surface area (Å²) in [7, 11) is 0. The molecule has 3 aromatic rings. The van der Waals surface area contributed by atoms with Crippen LogP contribution in [-0.4, -0.2) is 33.3 Å². The third-order valence-corrected chi connectivity index (χ3v) is 5.47. The van der Waals surface area contributed by atoms with Crippen molar-refractivity contribution in [3.63, 3.8) is 0 Å². The molecule has 0 aliphatic carbocycles. The lowest BCUT2D eigenvalue weighted by Crippen LogP contribution is -2.42. The van der Waals surface area contributed by atoms with Crippen molar-refractivity contribution >= 4 is 46.2 Å². The zero-order valence-corrected chi connectivity index (χ0v) is 17.7. The molecule has 0 aliphatic heterocycles. The van der Waals surface area contributed by atoms with Crippen molar-refractivity contribution in [1.82, 2.24) is 20.2 Å². The Morgan fingerprint density at radius 3 is 2.70 bits per heavy atom. The third-order valence-electron chi connectivity index (χ3n) is 4.13. The second kappa shape index (κ2) is 9.27. The fraction of sp³-hybridized carbons (Fsp3) is 0.200. The monoisotopic (exact) mass is 448 g/mol. The van der Waals surface area contributed by atoms with Crippen molar-refractivity contribution in [2.75, 3.05) is 6.54 Å². The number of para-hydroxylation sites is 1. The second-order valence-electron chi connectivity index (χ2n) is 6.26. The molecule has 1 atom stereocenters. The summed E-state index contributed by atoms with van der Waals surface area (Å²) in [6, 6.07) is 10.0. The molecule has 1 aromatic heterocycles. The first-order valence-corrected chi connectivity index (χ1v) is 10.3. The largest absolute Gasteiger partial charge is 0.338 e. The molecular weight excluding hydrogens is 431 g/mol. The number of amides is 3. The number of halogens is 2. The number of urea groups is 1. The maximum atomic E-state index is 13.6. The van der Waals surface area contributed by atoms with Gasteiger partial charge in [-0.1, -0.05) is 35.5 Å². The van der Waals surface area contributed by atoms with Crippen molar-refractivity contribution < 1.29 is 14.0 Å². The summed E-state index contributed by atoms with van der Waals surface area (Å²) in [6.45, 7) is 3.69. The van der Waals surface area contributed by atoms with Crippen LogP contribution in [0.2, 0.25) is 5.02 Å². The van der Waals surface area contributed by atoms with Gasteiger partial charge in [0, 0.05) is 6.54 Å². The van der Waals surface area contributed by atoms with Crippen LogP contribution < -0.4 is 16.2 Å². The Bertz CT molecular complexity index is 1180. The Balaban J connectivity index is 2.06. The number of carbonyl (C=O) groups is 2. The smallest absolute Gasteiger partial charge is 0.321 e. The standard InChI is InChI=1S/C20H18ClFN4O3S/c1-3-23-19(29)25-17(27)11(2)30-20-24-16-7-5-4-6-13(16)18(28)26(20)12-8-9-15(22)14(21)10-12/h4-11H,3H2,1-2H3,(H2,23,25,27,29). The fourth-order valence-corrected chi connectivity index (χ4v) is 3.77. The number of thioether (sulfide) groups is 1. The van der Waals surface area contributed by atoms with Gasteiger partial charge in [-0.05, 0) is 44.2 Å².